The molecule has 5 rings (SSSR count). The van der Waals surface area contributed by atoms with Crippen LogP contribution in [0.25, 0.3) is 22.3 Å². The fraction of sp³-hybridized carbons (Fsp3) is 0.200. The Morgan fingerprint density at radius 3 is 1.63 bits per heavy atom. The molecule has 0 aliphatic rings. The minimum atomic E-state index is -0.571. The molecule has 0 radical (unpaired) electrons. The third kappa shape index (κ3) is 7.22. The molecule has 0 saturated carbocycles. The van der Waals surface area contributed by atoms with Gasteiger partial charge in [-0.05, 0) is 96.5 Å². The third-order valence-corrected chi connectivity index (χ3v) is 8.61. The number of ether oxygens (including phenoxy) is 2. The van der Waals surface area contributed by atoms with Crippen molar-refractivity contribution in [3.8, 4) is 39.5 Å². The van der Waals surface area contributed by atoms with Gasteiger partial charge in [-0.1, -0.05) is 92.7 Å². The maximum Gasteiger partial charge on any atom is 0.240 e. The Bertz CT molecular complexity index is 1870. The van der Waals surface area contributed by atoms with Gasteiger partial charge in [0.15, 0.2) is 0 Å². The van der Waals surface area contributed by atoms with Gasteiger partial charge >= 0.3 is 0 Å². The first-order chi connectivity index (χ1) is 22.3. The summed E-state index contributed by atoms with van der Waals surface area (Å²) >= 11 is 0. The Hall–Kier alpha value is -5.54. The summed E-state index contributed by atoms with van der Waals surface area (Å²) in [5, 5.41) is 0. The summed E-state index contributed by atoms with van der Waals surface area (Å²) in [6, 6.07) is 39.6. The molecule has 6 nitrogen and oxygen atoms in total. The molecule has 0 aliphatic heterocycles. The van der Waals surface area contributed by atoms with E-state index in [9.17, 15) is 9.59 Å². The lowest BCUT2D eigenvalue weighted by Gasteiger charge is -2.30. The first-order valence-corrected chi connectivity index (χ1v) is 15.3. The first-order valence-electron chi connectivity index (χ1n) is 15.3. The van der Waals surface area contributed by atoms with Gasteiger partial charge in [0.1, 0.15) is 22.8 Å². The summed E-state index contributed by atoms with van der Waals surface area (Å²) in [6.45, 7) is 8.15. The van der Waals surface area contributed by atoms with E-state index in [4.69, 9.17) is 9.47 Å². The largest absolute Gasteiger partial charge is 0.483 e. The molecule has 0 saturated heterocycles. The van der Waals surface area contributed by atoms with Crippen molar-refractivity contribution >= 4 is 17.8 Å². The molecule has 2 unspecified atom stereocenters. The van der Waals surface area contributed by atoms with Crippen molar-refractivity contribution in [1.29, 1.82) is 0 Å². The van der Waals surface area contributed by atoms with Crippen LogP contribution in [0.15, 0.2) is 131 Å². The number of benzene rings is 5. The lowest BCUT2D eigenvalue weighted by Crippen LogP contribution is -2.28. The van der Waals surface area contributed by atoms with Crippen molar-refractivity contribution < 1.29 is 19.1 Å². The van der Waals surface area contributed by atoms with Crippen molar-refractivity contribution in [1.82, 2.24) is 0 Å². The predicted molar refractivity (Wildman–Crippen MR) is 182 cm³/mol. The number of isocyanates is 2. The van der Waals surface area contributed by atoms with Gasteiger partial charge < -0.3 is 9.47 Å². The molecule has 0 N–H and O–H groups in total. The fourth-order valence-electron chi connectivity index (χ4n) is 5.31. The summed E-state index contributed by atoms with van der Waals surface area (Å²) in [4.78, 5) is 29.1. The Morgan fingerprint density at radius 1 is 0.587 bits per heavy atom. The van der Waals surface area contributed by atoms with Gasteiger partial charge in [0.05, 0.1) is 11.2 Å². The molecular weight excluding hydrogens is 572 g/mol. The summed E-state index contributed by atoms with van der Waals surface area (Å²) < 4.78 is 12.8. The van der Waals surface area contributed by atoms with Crippen molar-refractivity contribution in [3.05, 3.63) is 132 Å². The van der Waals surface area contributed by atoms with E-state index in [0.29, 0.717) is 23.6 Å². The maximum absolute atomic E-state index is 10.9. The molecule has 2 atom stereocenters. The molecule has 5 aromatic carbocycles. The zero-order chi connectivity index (χ0) is 32.6. The number of rotatable bonds is 12. The number of aliphatic imine (C=N–C) groups is 2. The molecule has 230 valence electrons. The number of hydrogen-bond acceptors (Lipinski definition) is 6. The maximum atomic E-state index is 10.9. The number of hydrogen-bond donors (Lipinski definition) is 0. The molecule has 0 fully saturated rings. The van der Waals surface area contributed by atoms with E-state index in [1.165, 1.54) is 0 Å². The van der Waals surface area contributed by atoms with Gasteiger partial charge in [0.2, 0.25) is 12.2 Å². The van der Waals surface area contributed by atoms with Crippen LogP contribution >= 0.6 is 0 Å². The van der Waals surface area contributed by atoms with Crippen LogP contribution < -0.4 is 9.47 Å². The summed E-state index contributed by atoms with van der Waals surface area (Å²) in [6.07, 6.45) is 4.75. The molecule has 5 aromatic rings. The average Bonchev–Trinajstić information content (AvgIpc) is 3.09. The number of nitrogens with zero attached hydrogens (tertiary/aromatic N) is 2. The van der Waals surface area contributed by atoms with Crippen LogP contribution in [0.2, 0.25) is 0 Å². The van der Waals surface area contributed by atoms with Crippen molar-refractivity contribution in [2.45, 2.75) is 51.7 Å². The molecule has 0 amide bonds. The number of carbonyl (C=O) groups excluding carboxylic acids is 2. The fourth-order valence-corrected chi connectivity index (χ4v) is 5.31. The molecule has 46 heavy (non-hydrogen) atoms. The minimum Gasteiger partial charge on any atom is -0.483 e. The summed E-state index contributed by atoms with van der Waals surface area (Å²) in [5.74, 6) is 2.11. The van der Waals surface area contributed by atoms with E-state index in [-0.39, 0.29) is 0 Å². The topological polar surface area (TPSA) is 77.3 Å². The standard InChI is InChI=1S/C40H36N2O4/c1-5-39(3,42-28-44)33-18-10-29(11-19-33)32-16-24-36(25-17-32)45-37-8-7-9-38(26-37)46-40(4,6-2)34-20-12-30(13-21-34)31-14-22-35(23-15-31)41-27-43/h7-26H,5-6H2,1-4H3. The van der Waals surface area contributed by atoms with Gasteiger partial charge in [0.25, 0.3) is 0 Å². The van der Waals surface area contributed by atoms with E-state index < -0.39 is 11.1 Å². The summed E-state index contributed by atoms with van der Waals surface area (Å²) in [5.41, 5.74) is 5.72. The minimum absolute atomic E-state index is 0.551. The van der Waals surface area contributed by atoms with E-state index in [0.717, 1.165) is 45.6 Å². The SMILES string of the molecule is CCC(C)(N=C=O)c1ccc(-c2ccc(Oc3cccc(OC(C)(CC)c4ccc(-c5ccc(N=C=O)cc5)cc4)c3)cc2)cc1. The van der Waals surface area contributed by atoms with Crippen LogP contribution in [0.4, 0.5) is 5.69 Å². The summed E-state index contributed by atoms with van der Waals surface area (Å²) in [7, 11) is 0. The van der Waals surface area contributed by atoms with Gasteiger partial charge in [-0.2, -0.15) is 9.98 Å². The Morgan fingerprint density at radius 2 is 1.11 bits per heavy atom. The molecular formula is C40H36N2O4. The highest BCUT2D eigenvalue weighted by Crippen LogP contribution is 2.36. The highest BCUT2D eigenvalue weighted by molar-refractivity contribution is 5.67. The lowest BCUT2D eigenvalue weighted by molar-refractivity contribution is 0.0824. The second-order valence-corrected chi connectivity index (χ2v) is 11.5. The van der Waals surface area contributed by atoms with E-state index in [2.05, 4.69) is 48.1 Å². The van der Waals surface area contributed by atoms with Gasteiger partial charge in [-0.25, -0.2) is 9.59 Å². The zero-order valence-electron chi connectivity index (χ0n) is 26.5. The van der Waals surface area contributed by atoms with Crippen LogP contribution in [0, 0.1) is 0 Å². The molecule has 0 heterocycles. The van der Waals surface area contributed by atoms with Crippen molar-refractivity contribution in [2.24, 2.45) is 9.98 Å². The van der Waals surface area contributed by atoms with E-state index in [1.807, 2.05) is 98.8 Å². The Kier molecular flexibility index (Phi) is 9.73. The molecule has 0 aromatic heterocycles. The Balaban J connectivity index is 1.26. The third-order valence-electron chi connectivity index (χ3n) is 8.61. The molecule has 0 spiro atoms. The van der Waals surface area contributed by atoms with Crippen molar-refractivity contribution in [2.75, 3.05) is 0 Å². The van der Waals surface area contributed by atoms with Crippen LogP contribution in [-0.2, 0) is 20.7 Å². The van der Waals surface area contributed by atoms with E-state index >= 15 is 0 Å². The molecule has 0 bridgehead atoms. The van der Waals surface area contributed by atoms with Gasteiger partial charge in [-0.15, -0.1) is 0 Å². The van der Waals surface area contributed by atoms with E-state index in [1.54, 1.807) is 24.3 Å². The molecule has 0 aliphatic carbocycles. The van der Waals surface area contributed by atoms with Gasteiger partial charge in [0, 0.05) is 6.07 Å². The first kappa shape index (κ1) is 31.9. The highest BCUT2D eigenvalue weighted by Gasteiger charge is 2.27. The van der Waals surface area contributed by atoms with Crippen LogP contribution in [0.1, 0.15) is 51.7 Å². The monoisotopic (exact) mass is 608 g/mol. The Labute approximate surface area is 270 Å². The zero-order valence-corrected chi connectivity index (χ0v) is 26.5. The highest BCUT2D eigenvalue weighted by atomic mass is 16.5. The predicted octanol–water partition coefficient (Wildman–Crippen LogP) is 10.4. The van der Waals surface area contributed by atoms with Crippen LogP contribution in [0.5, 0.6) is 17.2 Å². The smallest absolute Gasteiger partial charge is 0.240 e. The second-order valence-electron chi connectivity index (χ2n) is 11.5. The quantitative estimate of drug-likeness (QED) is 0.104. The molecule has 6 heteroatoms. The lowest BCUT2D eigenvalue weighted by atomic mass is 9.89. The normalized spacial score (nSPS) is 13.3. The van der Waals surface area contributed by atoms with Crippen LogP contribution in [-0.4, -0.2) is 12.2 Å². The average molecular weight is 609 g/mol. The van der Waals surface area contributed by atoms with Crippen molar-refractivity contribution in [3.63, 3.8) is 0 Å². The van der Waals surface area contributed by atoms with Crippen LogP contribution in [0.3, 0.4) is 0 Å². The van der Waals surface area contributed by atoms with Gasteiger partial charge in [-0.3, -0.25) is 0 Å². The second kappa shape index (κ2) is 14.0.